The highest BCUT2D eigenvalue weighted by Crippen LogP contribution is 2.14. The zero-order chi connectivity index (χ0) is 13.8. The Kier molecular flexibility index (Phi) is 3.74. The number of carbonyl (C=O) groups excluding carboxylic acids is 1. The van der Waals surface area contributed by atoms with E-state index in [9.17, 15) is 4.79 Å². The summed E-state index contributed by atoms with van der Waals surface area (Å²) in [4.78, 5) is 12.0. The van der Waals surface area contributed by atoms with Crippen LogP contribution in [0.3, 0.4) is 0 Å². The van der Waals surface area contributed by atoms with Crippen molar-refractivity contribution in [2.75, 3.05) is 17.7 Å². The molecule has 0 fully saturated rings. The van der Waals surface area contributed by atoms with E-state index in [4.69, 9.17) is 0 Å². The molecule has 1 amide bonds. The Balaban J connectivity index is 2.15. The summed E-state index contributed by atoms with van der Waals surface area (Å²) in [6.07, 6.45) is 2.52. The molecule has 0 aliphatic rings. The highest BCUT2D eigenvalue weighted by atomic mass is 16.1. The van der Waals surface area contributed by atoms with Gasteiger partial charge in [-0.2, -0.15) is 5.10 Å². The molecule has 0 unspecified atom stereocenters. The van der Waals surface area contributed by atoms with Crippen molar-refractivity contribution in [3.8, 4) is 0 Å². The highest BCUT2D eigenvalue weighted by molar-refractivity contribution is 6.03. The Morgan fingerprint density at radius 2 is 2.16 bits per heavy atom. The summed E-state index contributed by atoms with van der Waals surface area (Å²) < 4.78 is 1.67. The average molecular weight is 260 g/mol. The molecule has 2 aromatic rings. The quantitative estimate of drug-likeness (QED) is 0.858. The lowest BCUT2D eigenvalue weighted by Gasteiger charge is -2.03. The van der Waals surface area contributed by atoms with Crippen LogP contribution in [-0.4, -0.2) is 32.9 Å². The lowest BCUT2D eigenvalue weighted by molar-refractivity contribution is 0.102. The maximum Gasteiger partial charge on any atom is 0.276 e. The summed E-state index contributed by atoms with van der Waals surface area (Å²) in [6.45, 7) is 1.99. The maximum atomic E-state index is 12.0. The second-order valence-corrected chi connectivity index (χ2v) is 4.02. The van der Waals surface area contributed by atoms with Crippen molar-refractivity contribution in [3.63, 3.8) is 0 Å². The van der Waals surface area contributed by atoms with E-state index in [1.54, 1.807) is 30.1 Å². The molecule has 2 N–H and O–H groups in total. The molecule has 0 aliphatic heterocycles. The van der Waals surface area contributed by atoms with Gasteiger partial charge < -0.3 is 10.6 Å². The zero-order valence-corrected chi connectivity index (χ0v) is 11.1. The minimum atomic E-state index is -0.294. The number of hydrogen-bond donors (Lipinski definition) is 2. The van der Waals surface area contributed by atoms with E-state index in [-0.39, 0.29) is 11.6 Å². The number of amides is 1. The number of anilines is 2. The monoisotopic (exact) mass is 260 g/mol. The van der Waals surface area contributed by atoms with E-state index >= 15 is 0 Å². The van der Waals surface area contributed by atoms with Gasteiger partial charge in [0.1, 0.15) is 5.82 Å². The van der Waals surface area contributed by atoms with E-state index < -0.39 is 0 Å². The molecule has 0 spiro atoms. The first-order chi connectivity index (χ1) is 9.13. The minimum absolute atomic E-state index is 0.268. The number of aryl methyl sites for hydroxylation is 2. The Morgan fingerprint density at radius 3 is 2.74 bits per heavy atom. The fraction of sp³-hybridized carbons (Fsp3) is 0.333. The van der Waals surface area contributed by atoms with Crippen LogP contribution in [0.1, 0.15) is 23.1 Å². The van der Waals surface area contributed by atoms with E-state index in [1.165, 1.54) is 0 Å². The molecule has 7 nitrogen and oxygen atoms in total. The first-order valence-electron chi connectivity index (χ1n) is 5.99. The van der Waals surface area contributed by atoms with Crippen LogP contribution < -0.4 is 10.6 Å². The fourth-order valence-corrected chi connectivity index (χ4v) is 1.67. The van der Waals surface area contributed by atoms with Gasteiger partial charge in [-0.15, -0.1) is 10.2 Å². The van der Waals surface area contributed by atoms with E-state index in [2.05, 4.69) is 25.9 Å². The normalized spacial score (nSPS) is 10.3. The number of aromatic nitrogens is 4. The van der Waals surface area contributed by atoms with Crippen LogP contribution in [0.15, 0.2) is 18.3 Å². The third-order valence-corrected chi connectivity index (χ3v) is 2.64. The topological polar surface area (TPSA) is 84.7 Å². The minimum Gasteiger partial charge on any atom is -0.372 e. The highest BCUT2D eigenvalue weighted by Gasteiger charge is 2.12. The maximum absolute atomic E-state index is 12.0. The summed E-state index contributed by atoms with van der Waals surface area (Å²) in [6, 6.07) is 3.32. The Morgan fingerprint density at radius 1 is 1.37 bits per heavy atom. The van der Waals surface area contributed by atoms with Gasteiger partial charge in [0.15, 0.2) is 5.69 Å². The van der Waals surface area contributed by atoms with E-state index in [0.717, 1.165) is 12.1 Å². The predicted molar refractivity (Wildman–Crippen MR) is 72.1 cm³/mol. The Labute approximate surface area is 111 Å². The Bertz CT molecular complexity index is 574. The molecule has 0 saturated carbocycles. The van der Waals surface area contributed by atoms with Crippen molar-refractivity contribution in [1.29, 1.82) is 0 Å². The van der Waals surface area contributed by atoms with Gasteiger partial charge >= 0.3 is 0 Å². The summed E-state index contributed by atoms with van der Waals surface area (Å²) in [5.74, 6) is 0.324. The molecule has 19 heavy (non-hydrogen) atoms. The summed E-state index contributed by atoms with van der Waals surface area (Å²) in [5.41, 5.74) is 1.81. The van der Waals surface area contributed by atoms with E-state index in [1.807, 2.05) is 14.0 Å². The summed E-state index contributed by atoms with van der Waals surface area (Å²) in [7, 11) is 3.56. The van der Waals surface area contributed by atoms with E-state index in [0.29, 0.717) is 11.5 Å². The van der Waals surface area contributed by atoms with Gasteiger partial charge in [0.05, 0.1) is 11.4 Å². The number of nitrogens with zero attached hydrogens (tertiary/aromatic N) is 4. The van der Waals surface area contributed by atoms with Crippen LogP contribution >= 0.6 is 0 Å². The smallest absolute Gasteiger partial charge is 0.276 e. The van der Waals surface area contributed by atoms with Gasteiger partial charge in [-0.3, -0.25) is 9.48 Å². The second kappa shape index (κ2) is 5.47. The lowest BCUT2D eigenvalue weighted by atomic mass is 10.3. The van der Waals surface area contributed by atoms with Gasteiger partial charge in [-0.05, 0) is 18.6 Å². The number of rotatable bonds is 4. The van der Waals surface area contributed by atoms with Gasteiger partial charge in [-0.25, -0.2) is 0 Å². The van der Waals surface area contributed by atoms with Crippen molar-refractivity contribution in [1.82, 2.24) is 20.0 Å². The molecule has 0 saturated heterocycles. The molecular formula is C12H16N6O. The van der Waals surface area contributed by atoms with Crippen molar-refractivity contribution in [3.05, 3.63) is 29.7 Å². The number of carbonyl (C=O) groups is 1. The third kappa shape index (κ3) is 2.87. The van der Waals surface area contributed by atoms with Crippen molar-refractivity contribution >= 4 is 17.4 Å². The predicted octanol–water partition coefficient (Wildman–Crippen LogP) is 1.07. The van der Waals surface area contributed by atoms with Gasteiger partial charge in [0.25, 0.3) is 5.91 Å². The molecule has 0 bridgehead atoms. The zero-order valence-electron chi connectivity index (χ0n) is 11.1. The average Bonchev–Trinajstić information content (AvgIpc) is 2.78. The van der Waals surface area contributed by atoms with Crippen LogP contribution in [-0.2, 0) is 13.5 Å². The molecule has 7 heteroatoms. The molecule has 0 aromatic carbocycles. The van der Waals surface area contributed by atoms with Crippen LogP contribution in [0.2, 0.25) is 0 Å². The summed E-state index contributed by atoms with van der Waals surface area (Å²) >= 11 is 0. The second-order valence-electron chi connectivity index (χ2n) is 4.02. The number of nitrogens with one attached hydrogen (secondary N) is 2. The molecular weight excluding hydrogens is 244 g/mol. The van der Waals surface area contributed by atoms with Crippen LogP contribution in [0.5, 0.6) is 0 Å². The van der Waals surface area contributed by atoms with Crippen LogP contribution in [0, 0.1) is 0 Å². The first kappa shape index (κ1) is 13.0. The SMILES string of the molecule is CCc1nn(C)cc1NC(=O)c1ccc(NC)nn1. The first-order valence-corrected chi connectivity index (χ1v) is 5.99. The molecule has 0 aliphatic carbocycles. The van der Waals surface area contributed by atoms with Crippen molar-refractivity contribution in [2.24, 2.45) is 7.05 Å². The molecule has 2 rings (SSSR count). The van der Waals surface area contributed by atoms with Gasteiger partial charge in [-0.1, -0.05) is 6.92 Å². The van der Waals surface area contributed by atoms with Crippen molar-refractivity contribution < 1.29 is 4.79 Å². The van der Waals surface area contributed by atoms with Gasteiger partial charge in [0, 0.05) is 20.3 Å². The van der Waals surface area contributed by atoms with Crippen LogP contribution in [0.25, 0.3) is 0 Å². The molecule has 0 atom stereocenters. The van der Waals surface area contributed by atoms with Crippen LogP contribution in [0.4, 0.5) is 11.5 Å². The third-order valence-electron chi connectivity index (χ3n) is 2.64. The Hall–Kier alpha value is -2.44. The largest absolute Gasteiger partial charge is 0.372 e. The molecule has 2 heterocycles. The fourth-order valence-electron chi connectivity index (χ4n) is 1.67. The summed E-state index contributed by atoms with van der Waals surface area (Å²) in [5, 5.41) is 17.6. The lowest BCUT2D eigenvalue weighted by Crippen LogP contribution is -2.15. The molecule has 100 valence electrons. The van der Waals surface area contributed by atoms with Gasteiger partial charge in [0.2, 0.25) is 0 Å². The molecule has 0 radical (unpaired) electrons. The number of hydrogen-bond acceptors (Lipinski definition) is 5. The van der Waals surface area contributed by atoms with Crippen molar-refractivity contribution in [2.45, 2.75) is 13.3 Å². The standard InChI is InChI=1S/C12H16N6O/c1-4-8-10(7-18(3)17-8)14-12(19)9-5-6-11(13-2)16-15-9/h5-7H,4H2,1-3H3,(H,13,16)(H,14,19). The molecule has 2 aromatic heterocycles.